The minimum Gasteiger partial charge on any atom is -0.392 e. The summed E-state index contributed by atoms with van der Waals surface area (Å²) in [4.78, 5) is 0. The normalized spacial score (nSPS) is 22.3. The van der Waals surface area contributed by atoms with Crippen molar-refractivity contribution in [3.05, 3.63) is 11.6 Å². The Labute approximate surface area is 75.5 Å². The quantitative estimate of drug-likeness (QED) is 0.496. The monoisotopic (exact) mass is 168 g/mol. The van der Waals surface area contributed by atoms with E-state index >= 15 is 0 Å². The van der Waals surface area contributed by atoms with Crippen molar-refractivity contribution in [3.8, 4) is 0 Å². The summed E-state index contributed by atoms with van der Waals surface area (Å²) in [6.45, 7) is 2.25. The van der Waals surface area contributed by atoms with E-state index in [2.05, 4.69) is 6.08 Å². The second-order valence-electron chi connectivity index (χ2n) is 3.92. The first-order valence-electron chi connectivity index (χ1n) is 5.11. The lowest BCUT2D eigenvalue weighted by Gasteiger charge is -2.09. The maximum atomic E-state index is 8.87. The van der Waals surface area contributed by atoms with E-state index in [-0.39, 0.29) is 6.61 Å². The topological polar surface area (TPSA) is 20.2 Å². The Kier molecular flexibility index (Phi) is 4.37. The molecular weight excluding hydrogens is 148 g/mol. The van der Waals surface area contributed by atoms with Crippen LogP contribution in [0.15, 0.2) is 11.6 Å². The summed E-state index contributed by atoms with van der Waals surface area (Å²) < 4.78 is 0. The molecule has 1 aliphatic rings. The molecule has 1 saturated carbocycles. The maximum Gasteiger partial charge on any atom is 0.0639 e. The summed E-state index contributed by atoms with van der Waals surface area (Å²) >= 11 is 0. The average Bonchev–Trinajstić information content (AvgIpc) is 2.33. The first-order valence-corrected chi connectivity index (χ1v) is 5.11. The fraction of sp³-hybridized carbons (Fsp3) is 0.818. The molecule has 0 aliphatic heterocycles. The van der Waals surface area contributed by atoms with E-state index in [1.165, 1.54) is 38.5 Å². The van der Waals surface area contributed by atoms with E-state index in [0.29, 0.717) is 0 Å². The third-order valence-corrected chi connectivity index (χ3v) is 2.67. The van der Waals surface area contributed by atoms with Crippen LogP contribution in [0.5, 0.6) is 0 Å². The lowest BCUT2D eigenvalue weighted by atomic mass is 9.98. The van der Waals surface area contributed by atoms with Crippen molar-refractivity contribution in [2.75, 3.05) is 6.61 Å². The molecule has 1 rings (SSSR count). The molecule has 0 radical (unpaired) electrons. The molecule has 1 nitrogen and oxygen atoms in total. The molecule has 0 spiro atoms. The second-order valence-corrected chi connectivity index (χ2v) is 3.92. The zero-order valence-corrected chi connectivity index (χ0v) is 8.05. The molecule has 0 aromatic heterocycles. The summed E-state index contributed by atoms with van der Waals surface area (Å²) in [6.07, 6.45) is 10.5. The van der Waals surface area contributed by atoms with Crippen molar-refractivity contribution >= 4 is 0 Å². The first-order chi connectivity index (χ1) is 5.83. The molecule has 12 heavy (non-hydrogen) atoms. The van der Waals surface area contributed by atoms with Gasteiger partial charge < -0.3 is 5.11 Å². The van der Waals surface area contributed by atoms with E-state index < -0.39 is 0 Å². The Morgan fingerprint density at radius 3 is 2.33 bits per heavy atom. The molecule has 70 valence electrons. The molecule has 0 heterocycles. The van der Waals surface area contributed by atoms with Gasteiger partial charge in [0.25, 0.3) is 0 Å². The Bertz CT molecular complexity index is 141. The van der Waals surface area contributed by atoms with E-state index in [1.54, 1.807) is 0 Å². The highest BCUT2D eigenvalue weighted by Gasteiger charge is 2.09. The third-order valence-electron chi connectivity index (χ3n) is 2.67. The van der Waals surface area contributed by atoms with Gasteiger partial charge in [-0.05, 0) is 25.7 Å². The maximum absolute atomic E-state index is 8.87. The van der Waals surface area contributed by atoms with Crippen molar-refractivity contribution in [3.63, 3.8) is 0 Å². The number of hydrogen-bond donors (Lipinski definition) is 1. The van der Waals surface area contributed by atoms with Gasteiger partial charge in [-0.15, -0.1) is 0 Å². The SMILES string of the molecule is CC(=CC1CCCCCC1)CO. The molecule has 1 aliphatic carbocycles. The van der Waals surface area contributed by atoms with Crippen LogP contribution in [0.4, 0.5) is 0 Å². The number of aliphatic hydroxyl groups is 1. The number of aliphatic hydroxyl groups excluding tert-OH is 1. The minimum absolute atomic E-state index is 0.233. The second kappa shape index (κ2) is 5.36. The predicted molar refractivity (Wildman–Crippen MR) is 52.0 cm³/mol. The largest absolute Gasteiger partial charge is 0.392 e. The van der Waals surface area contributed by atoms with Crippen molar-refractivity contribution in [2.45, 2.75) is 45.4 Å². The molecule has 0 atom stereocenters. The highest BCUT2D eigenvalue weighted by atomic mass is 16.3. The highest BCUT2D eigenvalue weighted by molar-refractivity contribution is 5.01. The summed E-state index contributed by atoms with van der Waals surface area (Å²) in [5.41, 5.74) is 1.14. The Hall–Kier alpha value is -0.300. The van der Waals surface area contributed by atoms with Crippen LogP contribution in [-0.4, -0.2) is 11.7 Å². The van der Waals surface area contributed by atoms with Gasteiger partial charge in [-0.3, -0.25) is 0 Å². The van der Waals surface area contributed by atoms with E-state index in [0.717, 1.165) is 11.5 Å². The van der Waals surface area contributed by atoms with Gasteiger partial charge in [0.1, 0.15) is 0 Å². The molecule has 1 heteroatoms. The first kappa shape index (κ1) is 9.79. The predicted octanol–water partition coefficient (Wildman–Crippen LogP) is 2.90. The van der Waals surface area contributed by atoms with Gasteiger partial charge >= 0.3 is 0 Å². The molecule has 0 amide bonds. The molecule has 1 N–H and O–H groups in total. The van der Waals surface area contributed by atoms with Gasteiger partial charge in [0.15, 0.2) is 0 Å². The summed E-state index contributed by atoms with van der Waals surface area (Å²) in [5, 5.41) is 8.87. The van der Waals surface area contributed by atoms with Crippen LogP contribution >= 0.6 is 0 Å². The standard InChI is InChI=1S/C11H20O/c1-10(9-12)8-11-6-4-2-3-5-7-11/h8,11-12H,2-7,9H2,1H3. The van der Waals surface area contributed by atoms with Crippen molar-refractivity contribution < 1.29 is 5.11 Å². The van der Waals surface area contributed by atoms with Gasteiger partial charge in [-0.2, -0.15) is 0 Å². The van der Waals surface area contributed by atoms with Crippen LogP contribution in [-0.2, 0) is 0 Å². The molecule has 0 aromatic carbocycles. The van der Waals surface area contributed by atoms with Crippen LogP contribution < -0.4 is 0 Å². The van der Waals surface area contributed by atoms with Gasteiger partial charge in [0.05, 0.1) is 6.61 Å². The Morgan fingerprint density at radius 1 is 1.25 bits per heavy atom. The number of allylic oxidation sites excluding steroid dienone is 1. The molecule has 1 fully saturated rings. The summed E-state index contributed by atoms with van der Waals surface area (Å²) in [7, 11) is 0. The lowest BCUT2D eigenvalue weighted by Crippen LogP contribution is -1.96. The van der Waals surface area contributed by atoms with Gasteiger partial charge in [0, 0.05) is 0 Å². The van der Waals surface area contributed by atoms with E-state index in [4.69, 9.17) is 5.11 Å². The van der Waals surface area contributed by atoms with Crippen molar-refractivity contribution in [1.29, 1.82) is 0 Å². The van der Waals surface area contributed by atoms with Gasteiger partial charge in [0.2, 0.25) is 0 Å². The Morgan fingerprint density at radius 2 is 1.83 bits per heavy atom. The molecule has 0 saturated heterocycles. The van der Waals surface area contributed by atoms with Crippen LogP contribution in [0.25, 0.3) is 0 Å². The Balaban J connectivity index is 2.38. The van der Waals surface area contributed by atoms with Crippen LogP contribution in [0.3, 0.4) is 0 Å². The zero-order valence-electron chi connectivity index (χ0n) is 8.05. The van der Waals surface area contributed by atoms with E-state index in [9.17, 15) is 0 Å². The van der Waals surface area contributed by atoms with Gasteiger partial charge in [-0.1, -0.05) is 37.3 Å². The summed E-state index contributed by atoms with van der Waals surface area (Å²) in [5.74, 6) is 0.750. The summed E-state index contributed by atoms with van der Waals surface area (Å²) in [6, 6.07) is 0. The van der Waals surface area contributed by atoms with Crippen molar-refractivity contribution in [1.82, 2.24) is 0 Å². The zero-order chi connectivity index (χ0) is 8.81. The average molecular weight is 168 g/mol. The fourth-order valence-corrected chi connectivity index (χ4v) is 1.93. The van der Waals surface area contributed by atoms with Crippen LogP contribution in [0.1, 0.15) is 45.4 Å². The smallest absolute Gasteiger partial charge is 0.0639 e. The molecule has 0 aromatic rings. The van der Waals surface area contributed by atoms with Gasteiger partial charge in [-0.25, -0.2) is 0 Å². The van der Waals surface area contributed by atoms with Crippen LogP contribution in [0, 0.1) is 5.92 Å². The number of hydrogen-bond acceptors (Lipinski definition) is 1. The minimum atomic E-state index is 0.233. The fourth-order valence-electron chi connectivity index (χ4n) is 1.93. The molecule has 0 unspecified atom stereocenters. The van der Waals surface area contributed by atoms with Crippen molar-refractivity contribution in [2.24, 2.45) is 5.92 Å². The third kappa shape index (κ3) is 3.40. The van der Waals surface area contributed by atoms with Crippen LogP contribution in [0.2, 0.25) is 0 Å². The number of rotatable bonds is 2. The molecule has 0 bridgehead atoms. The lowest BCUT2D eigenvalue weighted by molar-refractivity contribution is 0.329. The van der Waals surface area contributed by atoms with E-state index in [1.807, 2.05) is 6.92 Å². The highest BCUT2D eigenvalue weighted by Crippen LogP contribution is 2.24. The molecular formula is C11H20O.